The van der Waals surface area contributed by atoms with Crippen LogP contribution >= 0.6 is 0 Å². The highest BCUT2D eigenvalue weighted by molar-refractivity contribution is 5.92. The van der Waals surface area contributed by atoms with Gasteiger partial charge in [-0.15, -0.1) is 0 Å². The highest BCUT2D eigenvalue weighted by atomic mass is 19.1. The Kier molecular flexibility index (Phi) is 5.25. The molecule has 126 valence electrons. The first-order valence-electron chi connectivity index (χ1n) is 8.35. The molecular weight excluding hydrogens is 295 g/mol. The minimum atomic E-state index is -0.290. The fourth-order valence-electron chi connectivity index (χ4n) is 3.31. The van der Waals surface area contributed by atoms with Crippen LogP contribution in [0.2, 0.25) is 0 Å². The third-order valence-corrected chi connectivity index (χ3v) is 4.78. The molecule has 3 rings (SSSR count). The van der Waals surface area contributed by atoms with Crippen LogP contribution < -0.4 is 10.6 Å². The van der Waals surface area contributed by atoms with Crippen LogP contribution in [0.25, 0.3) is 0 Å². The molecule has 0 radical (unpaired) electrons. The molecule has 1 unspecified atom stereocenters. The van der Waals surface area contributed by atoms with Gasteiger partial charge in [0, 0.05) is 44.5 Å². The summed E-state index contributed by atoms with van der Waals surface area (Å²) in [6, 6.07) is 5.44. The molecule has 0 saturated carbocycles. The maximum absolute atomic E-state index is 13.5. The Morgan fingerprint density at radius 2 is 2.13 bits per heavy atom. The minimum absolute atomic E-state index is 0.0794. The molecule has 0 aliphatic carbocycles. The normalized spacial score (nSPS) is 23.1. The molecule has 0 aromatic heterocycles. The number of carbonyl (C=O) groups excluding carboxylic acids is 1. The fourth-order valence-corrected chi connectivity index (χ4v) is 3.31. The smallest absolute Gasteiger partial charge is 0.238 e. The Hall–Kier alpha value is -1.50. The van der Waals surface area contributed by atoms with Gasteiger partial charge in [0.05, 0.1) is 6.54 Å². The lowest BCUT2D eigenvalue weighted by Crippen LogP contribution is -2.52. The predicted molar refractivity (Wildman–Crippen MR) is 89.1 cm³/mol. The Morgan fingerprint density at radius 1 is 1.35 bits per heavy atom. The molecule has 0 bridgehead atoms. The number of nitrogens with zero attached hydrogens (tertiary/aromatic N) is 2. The molecule has 0 spiro atoms. The Bertz CT molecular complexity index is 552. The van der Waals surface area contributed by atoms with E-state index in [-0.39, 0.29) is 11.7 Å². The highest BCUT2D eigenvalue weighted by Gasteiger charge is 2.26. The summed E-state index contributed by atoms with van der Waals surface area (Å²) >= 11 is 0. The average Bonchev–Trinajstić information content (AvgIpc) is 3.06. The monoisotopic (exact) mass is 320 g/mol. The minimum Gasteiger partial charge on any atom is -0.325 e. The largest absolute Gasteiger partial charge is 0.325 e. The summed E-state index contributed by atoms with van der Waals surface area (Å²) in [5.74, 6) is -0.370. The lowest BCUT2D eigenvalue weighted by Gasteiger charge is -2.37. The second-order valence-electron chi connectivity index (χ2n) is 6.47. The Balaban J connectivity index is 1.44. The predicted octanol–water partition coefficient (Wildman–Crippen LogP) is 1.05. The standard InChI is InChI=1S/C17H25FN4O/c1-13-2-3-14(10-16(13)18)20-17(23)12-21-6-8-22(9-7-21)15-4-5-19-11-15/h2-3,10,15,19H,4-9,11-12H2,1H3,(H,20,23). The number of nitrogens with one attached hydrogen (secondary N) is 2. The maximum Gasteiger partial charge on any atom is 0.238 e. The average molecular weight is 320 g/mol. The van der Waals surface area contributed by atoms with Crippen molar-refractivity contribution in [2.24, 2.45) is 0 Å². The molecule has 1 amide bonds. The van der Waals surface area contributed by atoms with Crippen molar-refractivity contribution in [3.8, 4) is 0 Å². The summed E-state index contributed by atoms with van der Waals surface area (Å²) in [7, 11) is 0. The topological polar surface area (TPSA) is 47.6 Å². The van der Waals surface area contributed by atoms with E-state index in [1.54, 1.807) is 19.1 Å². The second kappa shape index (κ2) is 7.38. The van der Waals surface area contributed by atoms with E-state index < -0.39 is 0 Å². The number of rotatable bonds is 4. The Labute approximate surface area is 136 Å². The molecule has 2 heterocycles. The SMILES string of the molecule is Cc1ccc(NC(=O)CN2CCN(C3CCNC3)CC2)cc1F. The van der Waals surface area contributed by atoms with Crippen LogP contribution in [0.3, 0.4) is 0 Å². The third-order valence-electron chi connectivity index (χ3n) is 4.78. The van der Waals surface area contributed by atoms with Gasteiger partial charge in [0.25, 0.3) is 0 Å². The zero-order chi connectivity index (χ0) is 16.2. The second-order valence-corrected chi connectivity index (χ2v) is 6.47. The van der Waals surface area contributed by atoms with E-state index >= 15 is 0 Å². The first-order valence-corrected chi connectivity index (χ1v) is 8.35. The van der Waals surface area contributed by atoms with Gasteiger partial charge in [0.1, 0.15) is 5.82 Å². The zero-order valence-electron chi connectivity index (χ0n) is 13.6. The van der Waals surface area contributed by atoms with Crippen molar-refractivity contribution in [2.45, 2.75) is 19.4 Å². The number of piperazine rings is 1. The molecule has 2 saturated heterocycles. The van der Waals surface area contributed by atoms with Crippen molar-refractivity contribution in [3.05, 3.63) is 29.6 Å². The molecule has 6 heteroatoms. The quantitative estimate of drug-likeness (QED) is 0.871. The van der Waals surface area contributed by atoms with Gasteiger partial charge in [-0.25, -0.2) is 4.39 Å². The number of amides is 1. The fraction of sp³-hybridized carbons (Fsp3) is 0.588. The first-order chi connectivity index (χ1) is 11.1. The van der Waals surface area contributed by atoms with Gasteiger partial charge in [-0.3, -0.25) is 14.6 Å². The van der Waals surface area contributed by atoms with Crippen molar-refractivity contribution in [1.82, 2.24) is 15.1 Å². The molecule has 2 aliphatic rings. The van der Waals surface area contributed by atoms with Crippen LogP contribution in [0.4, 0.5) is 10.1 Å². The number of carbonyl (C=O) groups is 1. The van der Waals surface area contributed by atoms with E-state index in [9.17, 15) is 9.18 Å². The van der Waals surface area contributed by atoms with E-state index in [2.05, 4.69) is 20.4 Å². The van der Waals surface area contributed by atoms with Crippen molar-refractivity contribution in [2.75, 3.05) is 51.1 Å². The van der Waals surface area contributed by atoms with Crippen molar-refractivity contribution >= 4 is 11.6 Å². The molecule has 2 aliphatic heterocycles. The molecule has 1 aromatic rings. The zero-order valence-corrected chi connectivity index (χ0v) is 13.6. The molecule has 2 fully saturated rings. The van der Waals surface area contributed by atoms with Gasteiger partial charge in [-0.1, -0.05) is 6.07 Å². The van der Waals surface area contributed by atoms with E-state index in [4.69, 9.17) is 0 Å². The van der Waals surface area contributed by atoms with E-state index in [0.717, 1.165) is 39.3 Å². The summed E-state index contributed by atoms with van der Waals surface area (Å²) < 4.78 is 13.5. The molecular formula is C17H25FN4O. The molecule has 5 nitrogen and oxygen atoms in total. The van der Waals surface area contributed by atoms with E-state index in [1.165, 1.54) is 12.5 Å². The van der Waals surface area contributed by atoms with Crippen molar-refractivity contribution in [3.63, 3.8) is 0 Å². The molecule has 2 N–H and O–H groups in total. The van der Waals surface area contributed by atoms with E-state index in [0.29, 0.717) is 23.8 Å². The van der Waals surface area contributed by atoms with Gasteiger partial charge in [-0.2, -0.15) is 0 Å². The van der Waals surface area contributed by atoms with Crippen LogP contribution in [0.5, 0.6) is 0 Å². The summed E-state index contributed by atoms with van der Waals surface area (Å²) in [5, 5.41) is 6.18. The van der Waals surface area contributed by atoms with Crippen LogP contribution in [-0.4, -0.2) is 67.6 Å². The van der Waals surface area contributed by atoms with Gasteiger partial charge in [0.2, 0.25) is 5.91 Å². The maximum atomic E-state index is 13.5. The number of benzene rings is 1. The lowest BCUT2D eigenvalue weighted by atomic mass is 10.2. The summed E-state index contributed by atoms with van der Waals surface area (Å²) in [5.41, 5.74) is 1.11. The van der Waals surface area contributed by atoms with E-state index in [1.807, 2.05) is 0 Å². The van der Waals surface area contributed by atoms with Crippen LogP contribution in [0.1, 0.15) is 12.0 Å². The van der Waals surface area contributed by atoms with Crippen molar-refractivity contribution in [1.29, 1.82) is 0 Å². The number of halogens is 1. The third kappa shape index (κ3) is 4.28. The molecule has 1 atom stereocenters. The summed E-state index contributed by atoms with van der Waals surface area (Å²) in [4.78, 5) is 16.8. The molecule has 23 heavy (non-hydrogen) atoms. The van der Waals surface area contributed by atoms with Crippen LogP contribution in [0.15, 0.2) is 18.2 Å². The van der Waals surface area contributed by atoms with Gasteiger partial charge >= 0.3 is 0 Å². The Morgan fingerprint density at radius 3 is 2.78 bits per heavy atom. The summed E-state index contributed by atoms with van der Waals surface area (Å²) in [6.07, 6.45) is 1.22. The number of hydrogen-bond donors (Lipinski definition) is 2. The first kappa shape index (κ1) is 16.4. The number of aryl methyl sites for hydroxylation is 1. The van der Waals surface area contributed by atoms with Crippen LogP contribution in [0, 0.1) is 12.7 Å². The lowest BCUT2D eigenvalue weighted by molar-refractivity contribution is -0.117. The summed E-state index contributed by atoms with van der Waals surface area (Å²) in [6.45, 7) is 8.11. The van der Waals surface area contributed by atoms with Gasteiger partial charge in [0.15, 0.2) is 0 Å². The number of hydrogen-bond acceptors (Lipinski definition) is 4. The van der Waals surface area contributed by atoms with Crippen LogP contribution in [-0.2, 0) is 4.79 Å². The van der Waals surface area contributed by atoms with Gasteiger partial charge in [-0.05, 0) is 37.6 Å². The van der Waals surface area contributed by atoms with Gasteiger partial charge < -0.3 is 10.6 Å². The van der Waals surface area contributed by atoms with Crippen molar-refractivity contribution < 1.29 is 9.18 Å². The molecule has 1 aromatic carbocycles. The number of anilines is 1. The highest BCUT2D eigenvalue weighted by Crippen LogP contribution is 2.14.